The Balaban J connectivity index is 1.74. The van der Waals surface area contributed by atoms with E-state index in [1.807, 2.05) is 13.1 Å². The van der Waals surface area contributed by atoms with E-state index in [2.05, 4.69) is 32.1 Å². The molecule has 2 rings (SSSR count). The minimum atomic E-state index is -0.00782. The summed E-state index contributed by atoms with van der Waals surface area (Å²) >= 11 is 0. The molecule has 0 bridgehead atoms. The molecule has 2 aromatic rings. The van der Waals surface area contributed by atoms with Crippen molar-refractivity contribution in [2.24, 2.45) is 0 Å². The lowest BCUT2D eigenvalue weighted by atomic mass is 10.1. The average molecular weight is 299 g/mol. The molecule has 2 heterocycles. The molecule has 0 spiro atoms. The zero-order valence-corrected chi connectivity index (χ0v) is 12.9. The van der Waals surface area contributed by atoms with E-state index < -0.39 is 0 Å². The first-order chi connectivity index (χ1) is 10.6. The summed E-state index contributed by atoms with van der Waals surface area (Å²) in [4.78, 5) is 26.4. The molecule has 0 radical (unpaired) electrons. The normalized spacial score (nSPS) is 12.1. The van der Waals surface area contributed by atoms with Gasteiger partial charge in [0.1, 0.15) is 0 Å². The molecule has 0 unspecified atom stereocenters. The van der Waals surface area contributed by atoms with E-state index in [4.69, 9.17) is 0 Å². The van der Waals surface area contributed by atoms with Gasteiger partial charge in [0.15, 0.2) is 0 Å². The third-order valence-electron chi connectivity index (χ3n) is 3.51. The van der Waals surface area contributed by atoms with E-state index in [9.17, 15) is 4.79 Å². The van der Waals surface area contributed by atoms with Crippen molar-refractivity contribution in [1.29, 1.82) is 0 Å². The average Bonchev–Trinajstić information content (AvgIpc) is 2.54. The number of pyridine rings is 1. The Morgan fingerprint density at radius 3 is 2.77 bits per heavy atom. The SMILES string of the molecule is C[C@H](Cc1cnccn1)N(C)CCC(=O)Nc1cccnc1. The zero-order valence-electron chi connectivity index (χ0n) is 12.9. The molecule has 2 aromatic heterocycles. The van der Waals surface area contributed by atoms with Gasteiger partial charge < -0.3 is 10.2 Å². The largest absolute Gasteiger partial charge is 0.325 e. The molecule has 1 atom stereocenters. The lowest BCUT2D eigenvalue weighted by molar-refractivity contribution is -0.116. The summed E-state index contributed by atoms with van der Waals surface area (Å²) in [6.45, 7) is 2.81. The van der Waals surface area contributed by atoms with Gasteiger partial charge in [-0.05, 0) is 26.1 Å². The Kier molecular flexibility index (Phi) is 5.97. The van der Waals surface area contributed by atoms with Gasteiger partial charge in [0.2, 0.25) is 5.91 Å². The highest BCUT2D eigenvalue weighted by atomic mass is 16.1. The first-order valence-electron chi connectivity index (χ1n) is 7.30. The van der Waals surface area contributed by atoms with E-state index in [-0.39, 0.29) is 5.91 Å². The quantitative estimate of drug-likeness (QED) is 0.843. The lowest BCUT2D eigenvalue weighted by Gasteiger charge is -2.24. The van der Waals surface area contributed by atoms with Crippen LogP contribution in [0.4, 0.5) is 5.69 Å². The topological polar surface area (TPSA) is 71.0 Å². The molecular formula is C16H21N5O. The number of amides is 1. The Hall–Kier alpha value is -2.34. The Bertz CT molecular complexity index is 576. The highest BCUT2D eigenvalue weighted by molar-refractivity contribution is 5.90. The van der Waals surface area contributed by atoms with Gasteiger partial charge in [-0.2, -0.15) is 0 Å². The summed E-state index contributed by atoms with van der Waals surface area (Å²) < 4.78 is 0. The maximum absolute atomic E-state index is 11.9. The Morgan fingerprint density at radius 1 is 1.27 bits per heavy atom. The molecular weight excluding hydrogens is 278 g/mol. The van der Waals surface area contributed by atoms with Gasteiger partial charge in [-0.25, -0.2) is 0 Å². The number of nitrogens with zero attached hydrogens (tertiary/aromatic N) is 4. The van der Waals surface area contributed by atoms with Gasteiger partial charge in [-0.15, -0.1) is 0 Å². The fourth-order valence-corrected chi connectivity index (χ4v) is 2.05. The fraction of sp³-hybridized carbons (Fsp3) is 0.375. The van der Waals surface area contributed by atoms with E-state index >= 15 is 0 Å². The zero-order chi connectivity index (χ0) is 15.8. The van der Waals surface area contributed by atoms with Gasteiger partial charge in [0.05, 0.1) is 17.6 Å². The number of rotatable bonds is 7. The van der Waals surface area contributed by atoms with Crippen LogP contribution in [0.15, 0.2) is 43.1 Å². The summed E-state index contributed by atoms with van der Waals surface area (Å²) in [5.41, 5.74) is 1.68. The van der Waals surface area contributed by atoms with Crippen LogP contribution >= 0.6 is 0 Å². The Morgan fingerprint density at radius 2 is 2.09 bits per heavy atom. The first-order valence-corrected chi connectivity index (χ1v) is 7.30. The number of anilines is 1. The van der Waals surface area contributed by atoms with E-state index in [0.29, 0.717) is 19.0 Å². The molecule has 0 aliphatic carbocycles. The van der Waals surface area contributed by atoms with Crippen LogP contribution in [0.2, 0.25) is 0 Å². The number of nitrogens with one attached hydrogen (secondary N) is 1. The summed E-state index contributed by atoms with van der Waals surface area (Å²) in [5.74, 6) is -0.00782. The number of carbonyl (C=O) groups is 1. The van der Waals surface area contributed by atoms with E-state index in [1.165, 1.54) is 0 Å². The van der Waals surface area contributed by atoms with Crippen LogP contribution in [0.5, 0.6) is 0 Å². The van der Waals surface area contributed by atoms with Crippen LogP contribution in [0.3, 0.4) is 0 Å². The first kappa shape index (κ1) is 16.0. The van der Waals surface area contributed by atoms with Crippen molar-refractivity contribution in [3.63, 3.8) is 0 Å². The van der Waals surface area contributed by atoms with Crippen molar-refractivity contribution in [2.45, 2.75) is 25.8 Å². The van der Waals surface area contributed by atoms with Crippen LogP contribution in [0.1, 0.15) is 19.0 Å². The van der Waals surface area contributed by atoms with Crippen LogP contribution in [0.25, 0.3) is 0 Å². The second-order valence-electron chi connectivity index (χ2n) is 5.27. The summed E-state index contributed by atoms with van der Waals surface area (Å²) in [5, 5.41) is 2.84. The highest BCUT2D eigenvalue weighted by Gasteiger charge is 2.12. The molecule has 0 aromatic carbocycles. The number of hydrogen-bond acceptors (Lipinski definition) is 5. The number of carbonyl (C=O) groups excluding carboxylic acids is 1. The minimum absolute atomic E-state index is 0.00782. The molecule has 1 N–H and O–H groups in total. The second kappa shape index (κ2) is 8.19. The minimum Gasteiger partial charge on any atom is -0.325 e. The fourth-order valence-electron chi connectivity index (χ4n) is 2.05. The number of aromatic nitrogens is 3. The standard InChI is InChI=1S/C16H21N5O/c1-13(10-15-12-18-7-8-19-15)21(2)9-5-16(22)20-14-4-3-6-17-11-14/h3-4,6-8,11-13H,5,9-10H2,1-2H3,(H,20,22)/t13-/m1/s1. The monoisotopic (exact) mass is 299 g/mol. The molecule has 6 heteroatoms. The molecule has 116 valence electrons. The summed E-state index contributed by atoms with van der Waals surface area (Å²) in [6, 6.07) is 3.92. The van der Waals surface area contributed by atoms with Crippen LogP contribution in [-0.2, 0) is 11.2 Å². The van der Waals surface area contributed by atoms with Crippen molar-refractivity contribution in [3.05, 3.63) is 48.8 Å². The van der Waals surface area contributed by atoms with Gasteiger partial charge in [-0.3, -0.25) is 19.7 Å². The molecule has 0 fully saturated rings. The third-order valence-corrected chi connectivity index (χ3v) is 3.51. The molecule has 0 saturated carbocycles. The van der Waals surface area contributed by atoms with Crippen molar-refractivity contribution in [3.8, 4) is 0 Å². The van der Waals surface area contributed by atoms with Crippen molar-refractivity contribution in [2.75, 3.05) is 18.9 Å². The van der Waals surface area contributed by atoms with Gasteiger partial charge in [0.25, 0.3) is 0 Å². The summed E-state index contributed by atoms with van der Waals surface area (Å²) in [6.07, 6.45) is 9.71. The predicted octanol–water partition coefficient (Wildman–Crippen LogP) is 1.76. The predicted molar refractivity (Wildman–Crippen MR) is 85.3 cm³/mol. The maximum Gasteiger partial charge on any atom is 0.225 e. The molecule has 0 aliphatic heterocycles. The van der Waals surface area contributed by atoms with E-state index in [0.717, 1.165) is 17.8 Å². The smallest absolute Gasteiger partial charge is 0.225 e. The summed E-state index contributed by atoms with van der Waals surface area (Å²) in [7, 11) is 2.01. The van der Waals surface area contributed by atoms with Crippen LogP contribution < -0.4 is 5.32 Å². The van der Waals surface area contributed by atoms with Crippen molar-refractivity contribution in [1.82, 2.24) is 19.9 Å². The second-order valence-corrected chi connectivity index (χ2v) is 5.27. The maximum atomic E-state index is 11.9. The van der Waals surface area contributed by atoms with Crippen LogP contribution in [0, 0.1) is 0 Å². The Labute approximate surface area is 130 Å². The van der Waals surface area contributed by atoms with Crippen molar-refractivity contribution < 1.29 is 4.79 Å². The third kappa shape index (κ3) is 5.21. The number of likely N-dealkylation sites (N-methyl/N-ethyl adjacent to an activating group) is 1. The van der Waals surface area contributed by atoms with Gasteiger partial charge in [-0.1, -0.05) is 0 Å². The molecule has 0 aliphatic rings. The molecule has 1 amide bonds. The molecule has 22 heavy (non-hydrogen) atoms. The number of hydrogen-bond donors (Lipinski definition) is 1. The lowest BCUT2D eigenvalue weighted by Crippen LogP contribution is -2.33. The van der Waals surface area contributed by atoms with Crippen molar-refractivity contribution >= 4 is 11.6 Å². The van der Waals surface area contributed by atoms with Crippen LogP contribution in [-0.4, -0.2) is 45.4 Å². The van der Waals surface area contributed by atoms with E-state index in [1.54, 1.807) is 37.1 Å². The van der Waals surface area contributed by atoms with Gasteiger partial charge >= 0.3 is 0 Å². The highest BCUT2D eigenvalue weighted by Crippen LogP contribution is 2.06. The molecule has 6 nitrogen and oxygen atoms in total. The van der Waals surface area contributed by atoms with Gasteiger partial charge in [0, 0.05) is 50.2 Å². The molecule has 0 saturated heterocycles.